The number of piperidine rings is 1. The van der Waals surface area contributed by atoms with Crippen LogP contribution in [-0.2, 0) is 35.8 Å². The predicted molar refractivity (Wildman–Crippen MR) is 107 cm³/mol. The minimum Gasteiger partial charge on any atom is -0.381 e. The first kappa shape index (κ1) is 17.9. The van der Waals surface area contributed by atoms with Gasteiger partial charge in [-0.15, -0.1) is 0 Å². The lowest BCUT2D eigenvalue weighted by Crippen LogP contribution is -2.52. The topological polar surface area (TPSA) is 90.5 Å². The van der Waals surface area contributed by atoms with Crippen molar-refractivity contribution in [3.63, 3.8) is 0 Å². The molecule has 0 aromatic heterocycles. The van der Waals surface area contributed by atoms with Gasteiger partial charge in [0.1, 0.15) is 6.04 Å². The first-order valence-electron chi connectivity index (χ1n) is 9.92. The number of carbonyl (C=O) groups excluding carboxylic acids is 3. The van der Waals surface area contributed by atoms with Gasteiger partial charge in [-0.05, 0) is 40.8 Å². The Kier molecular flexibility index (Phi) is 4.32. The van der Waals surface area contributed by atoms with E-state index in [1.54, 1.807) is 4.90 Å². The van der Waals surface area contributed by atoms with Gasteiger partial charge in [0.05, 0.1) is 0 Å². The quantitative estimate of drug-likeness (QED) is 0.691. The number of nitrogens with one attached hydrogen (secondary N) is 3. The second kappa shape index (κ2) is 7.00. The maximum atomic E-state index is 12.9. The Morgan fingerprint density at radius 1 is 1.07 bits per heavy atom. The number of fused-ring (bicyclic) bond motifs is 2. The van der Waals surface area contributed by atoms with Crippen molar-refractivity contribution in [1.29, 1.82) is 0 Å². The van der Waals surface area contributed by atoms with E-state index in [2.05, 4.69) is 34.1 Å². The SMILES string of the molecule is O=C1CCC(N2Cc3ccc(CNc4cccc5c4CNC5)cc3C2=O)C(=O)N1. The summed E-state index contributed by atoms with van der Waals surface area (Å²) in [6.07, 6.45) is 0.647. The van der Waals surface area contributed by atoms with E-state index in [1.165, 1.54) is 11.1 Å². The Morgan fingerprint density at radius 2 is 1.97 bits per heavy atom. The van der Waals surface area contributed by atoms with E-state index in [9.17, 15) is 14.4 Å². The van der Waals surface area contributed by atoms with Crippen molar-refractivity contribution in [3.05, 3.63) is 64.2 Å². The highest BCUT2D eigenvalue weighted by Gasteiger charge is 2.39. The van der Waals surface area contributed by atoms with Crippen LogP contribution >= 0.6 is 0 Å². The van der Waals surface area contributed by atoms with E-state index in [1.807, 2.05) is 18.2 Å². The van der Waals surface area contributed by atoms with Crippen LogP contribution in [0.5, 0.6) is 0 Å². The molecule has 2 aromatic rings. The van der Waals surface area contributed by atoms with Crippen LogP contribution in [0.1, 0.15) is 45.5 Å². The van der Waals surface area contributed by atoms with E-state index in [4.69, 9.17) is 0 Å². The van der Waals surface area contributed by atoms with Crippen LogP contribution < -0.4 is 16.0 Å². The number of hydrogen-bond acceptors (Lipinski definition) is 5. The summed E-state index contributed by atoms with van der Waals surface area (Å²) in [6.45, 7) is 2.79. The lowest BCUT2D eigenvalue weighted by Gasteiger charge is -2.29. The fourth-order valence-electron chi connectivity index (χ4n) is 4.41. The third-order valence-electron chi connectivity index (χ3n) is 5.97. The van der Waals surface area contributed by atoms with E-state index >= 15 is 0 Å². The molecule has 1 fully saturated rings. The molecule has 0 bridgehead atoms. The molecule has 1 unspecified atom stereocenters. The largest absolute Gasteiger partial charge is 0.381 e. The molecule has 1 saturated heterocycles. The van der Waals surface area contributed by atoms with Gasteiger partial charge in [0.15, 0.2) is 0 Å². The molecule has 2 aromatic carbocycles. The molecule has 0 radical (unpaired) electrons. The van der Waals surface area contributed by atoms with Gasteiger partial charge in [-0.3, -0.25) is 19.7 Å². The first-order valence-corrected chi connectivity index (χ1v) is 9.92. The summed E-state index contributed by atoms with van der Waals surface area (Å²) in [5.41, 5.74) is 6.32. The van der Waals surface area contributed by atoms with Gasteiger partial charge in [0.25, 0.3) is 5.91 Å². The van der Waals surface area contributed by atoms with Crippen molar-refractivity contribution in [1.82, 2.24) is 15.5 Å². The molecule has 7 nitrogen and oxygen atoms in total. The van der Waals surface area contributed by atoms with Gasteiger partial charge >= 0.3 is 0 Å². The Labute approximate surface area is 168 Å². The summed E-state index contributed by atoms with van der Waals surface area (Å²) in [4.78, 5) is 38.1. The Morgan fingerprint density at radius 3 is 2.83 bits per heavy atom. The average molecular weight is 390 g/mol. The molecular formula is C22H22N4O3. The summed E-state index contributed by atoms with van der Waals surface area (Å²) in [5.74, 6) is -0.789. The molecule has 3 N–H and O–H groups in total. The van der Waals surface area contributed by atoms with Crippen LogP contribution in [-0.4, -0.2) is 28.7 Å². The fourth-order valence-corrected chi connectivity index (χ4v) is 4.41. The highest BCUT2D eigenvalue weighted by Crippen LogP contribution is 2.29. The van der Waals surface area contributed by atoms with Gasteiger partial charge < -0.3 is 15.5 Å². The van der Waals surface area contributed by atoms with E-state index in [0.29, 0.717) is 25.1 Å². The highest BCUT2D eigenvalue weighted by atomic mass is 16.2. The van der Waals surface area contributed by atoms with Crippen molar-refractivity contribution < 1.29 is 14.4 Å². The van der Waals surface area contributed by atoms with Crippen molar-refractivity contribution in [3.8, 4) is 0 Å². The second-order valence-corrected chi connectivity index (χ2v) is 7.79. The smallest absolute Gasteiger partial charge is 0.255 e. The summed E-state index contributed by atoms with van der Waals surface area (Å²) in [7, 11) is 0. The summed E-state index contributed by atoms with van der Waals surface area (Å²) >= 11 is 0. The number of imide groups is 1. The number of benzene rings is 2. The zero-order chi connectivity index (χ0) is 20.0. The van der Waals surface area contributed by atoms with Crippen LogP contribution in [0.2, 0.25) is 0 Å². The lowest BCUT2D eigenvalue weighted by atomic mass is 10.0. The highest BCUT2D eigenvalue weighted by molar-refractivity contribution is 6.05. The second-order valence-electron chi connectivity index (χ2n) is 7.79. The predicted octanol–water partition coefficient (Wildman–Crippen LogP) is 1.66. The molecular weight excluding hydrogens is 368 g/mol. The van der Waals surface area contributed by atoms with Gasteiger partial charge in [-0.2, -0.15) is 0 Å². The minimum atomic E-state index is -0.575. The molecule has 3 heterocycles. The molecule has 1 atom stereocenters. The fraction of sp³-hybridized carbons (Fsp3) is 0.318. The van der Waals surface area contributed by atoms with Gasteiger partial charge in [0, 0.05) is 43.9 Å². The molecule has 5 rings (SSSR count). The van der Waals surface area contributed by atoms with Crippen molar-refractivity contribution in [2.75, 3.05) is 5.32 Å². The zero-order valence-corrected chi connectivity index (χ0v) is 16.0. The van der Waals surface area contributed by atoms with Crippen molar-refractivity contribution in [2.45, 2.75) is 45.1 Å². The van der Waals surface area contributed by atoms with Gasteiger partial charge in [-0.25, -0.2) is 0 Å². The summed E-state index contributed by atoms with van der Waals surface area (Å²) in [5, 5.41) is 9.19. The van der Waals surface area contributed by atoms with Crippen LogP contribution in [0, 0.1) is 0 Å². The standard InChI is InChI=1S/C22H22N4O3/c27-20-7-6-19(21(28)25-20)26-12-15-5-4-13(8-16(15)22(26)29)9-24-18-3-1-2-14-10-23-11-17(14)18/h1-5,8,19,23-24H,6-7,9-12H2,(H,25,27,28). The van der Waals surface area contributed by atoms with Crippen LogP contribution in [0.4, 0.5) is 5.69 Å². The number of amides is 3. The molecule has 148 valence electrons. The van der Waals surface area contributed by atoms with Crippen molar-refractivity contribution in [2.24, 2.45) is 0 Å². The third kappa shape index (κ3) is 3.17. The Balaban J connectivity index is 1.31. The number of nitrogens with zero attached hydrogens (tertiary/aromatic N) is 1. The van der Waals surface area contributed by atoms with Gasteiger partial charge in [0.2, 0.25) is 11.8 Å². The molecule has 29 heavy (non-hydrogen) atoms. The maximum Gasteiger partial charge on any atom is 0.255 e. The third-order valence-corrected chi connectivity index (χ3v) is 5.97. The average Bonchev–Trinajstić information content (AvgIpc) is 3.32. The normalized spacial score (nSPS) is 20.5. The monoisotopic (exact) mass is 390 g/mol. The molecule has 0 spiro atoms. The molecule has 7 heteroatoms. The summed E-state index contributed by atoms with van der Waals surface area (Å²) in [6, 6.07) is 11.6. The molecule has 3 aliphatic rings. The minimum absolute atomic E-state index is 0.138. The lowest BCUT2D eigenvalue weighted by molar-refractivity contribution is -0.136. The van der Waals surface area contributed by atoms with Crippen molar-refractivity contribution >= 4 is 23.4 Å². The Bertz CT molecular complexity index is 1030. The first-order chi connectivity index (χ1) is 14.1. The molecule has 0 aliphatic carbocycles. The van der Waals surface area contributed by atoms with E-state index in [0.717, 1.165) is 29.9 Å². The van der Waals surface area contributed by atoms with Crippen LogP contribution in [0.15, 0.2) is 36.4 Å². The number of carbonyl (C=O) groups is 3. The Hall–Kier alpha value is -3.19. The molecule has 0 saturated carbocycles. The molecule has 3 amide bonds. The summed E-state index contributed by atoms with van der Waals surface area (Å²) < 4.78 is 0. The number of hydrogen-bond donors (Lipinski definition) is 3. The number of rotatable bonds is 4. The maximum absolute atomic E-state index is 12.9. The zero-order valence-electron chi connectivity index (χ0n) is 16.0. The molecule has 3 aliphatic heterocycles. The number of anilines is 1. The van der Waals surface area contributed by atoms with E-state index in [-0.39, 0.29) is 24.1 Å². The van der Waals surface area contributed by atoms with Crippen LogP contribution in [0.3, 0.4) is 0 Å². The van der Waals surface area contributed by atoms with E-state index < -0.39 is 6.04 Å². The van der Waals surface area contributed by atoms with Crippen LogP contribution in [0.25, 0.3) is 0 Å². The van der Waals surface area contributed by atoms with Gasteiger partial charge in [-0.1, -0.05) is 24.3 Å².